The molecule has 3 rings (SSSR count). The number of hydrogen-bond donors (Lipinski definition) is 2. The van der Waals surface area contributed by atoms with Gasteiger partial charge in [-0.25, -0.2) is 18.1 Å². The molecule has 166 valence electrons. The molecule has 1 aromatic heterocycles. The number of aryl methyl sites for hydroxylation is 1. The second-order valence-electron chi connectivity index (χ2n) is 7.36. The molecule has 11 heteroatoms. The maximum atomic E-state index is 12.4. The Kier molecular flexibility index (Phi) is 6.88. The highest BCUT2D eigenvalue weighted by Gasteiger charge is 2.21. The van der Waals surface area contributed by atoms with Gasteiger partial charge in [-0.1, -0.05) is 12.1 Å². The molecular formula is C20H26N6O4S. The van der Waals surface area contributed by atoms with E-state index in [2.05, 4.69) is 15.0 Å². The fraction of sp³-hybridized carbons (Fsp3) is 0.350. The molecule has 0 aliphatic heterocycles. The predicted octanol–water partition coefficient (Wildman–Crippen LogP) is 2.20. The van der Waals surface area contributed by atoms with Crippen LogP contribution in [0.4, 0.5) is 11.4 Å². The Morgan fingerprint density at radius 2 is 1.90 bits per heavy atom. The zero-order chi connectivity index (χ0) is 22.6. The van der Waals surface area contributed by atoms with Gasteiger partial charge in [0.2, 0.25) is 10.0 Å². The summed E-state index contributed by atoms with van der Waals surface area (Å²) < 4.78 is 29.4. The Morgan fingerprint density at radius 1 is 1.16 bits per heavy atom. The van der Waals surface area contributed by atoms with E-state index in [1.54, 1.807) is 0 Å². The van der Waals surface area contributed by atoms with E-state index in [1.165, 1.54) is 12.1 Å². The van der Waals surface area contributed by atoms with Crippen LogP contribution >= 0.6 is 0 Å². The molecule has 0 radical (unpaired) electrons. The lowest BCUT2D eigenvalue weighted by atomic mass is 10.2. The quantitative estimate of drug-likeness (QED) is 0.362. The van der Waals surface area contributed by atoms with Gasteiger partial charge in [0.05, 0.1) is 20.9 Å². The average Bonchev–Trinajstić information content (AvgIpc) is 3.02. The lowest BCUT2D eigenvalue weighted by Gasteiger charge is -2.13. The highest BCUT2D eigenvalue weighted by molar-refractivity contribution is 7.89. The number of sulfonamides is 1. The van der Waals surface area contributed by atoms with Gasteiger partial charge in [-0.3, -0.25) is 10.1 Å². The summed E-state index contributed by atoms with van der Waals surface area (Å²) in [6, 6.07) is 11.6. The molecule has 0 aliphatic rings. The summed E-state index contributed by atoms with van der Waals surface area (Å²) in [6.07, 6.45) is 0. The first-order chi connectivity index (χ1) is 14.7. The predicted molar refractivity (Wildman–Crippen MR) is 120 cm³/mol. The van der Waals surface area contributed by atoms with Crippen molar-refractivity contribution < 1.29 is 13.3 Å². The lowest BCUT2D eigenvalue weighted by Crippen LogP contribution is -2.31. The van der Waals surface area contributed by atoms with Crippen molar-refractivity contribution in [2.24, 2.45) is 0 Å². The van der Waals surface area contributed by atoms with Crippen LogP contribution in [-0.4, -0.2) is 61.5 Å². The van der Waals surface area contributed by atoms with E-state index >= 15 is 0 Å². The highest BCUT2D eigenvalue weighted by Crippen LogP contribution is 2.27. The highest BCUT2D eigenvalue weighted by atomic mass is 32.2. The van der Waals surface area contributed by atoms with Crippen molar-refractivity contribution in [1.82, 2.24) is 19.2 Å². The van der Waals surface area contributed by atoms with Gasteiger partial charge >= 0.3 is 0 Å². The molecule has 31 heavy (non-hydrogen) atoms. The van der Waals surface area contributed by atoms with Gasteiger partial charge in [0.25, 0.3) is 5.69 Å². The van der Waals surface area contributed by atoms with Crippen molar-refractivity contribution in [3.63, 3.8) is 0 Å². The summed E-state index contributed by atoms with van der Waals surface area (Å²) in [7, 11) is -0.182. The van der Waals surface area contributed by atoms with E-state index in [-0.39, 0.29) is 22.8 Å². The lowest BCUT2D eigenvalue weighted by molar-refractivity contribution is -0.384. The molecule has 0 atom stereocenters. The molecule has 3 aromatic rings. The van der Waals surface area contributed by atoms with Crippen molar-refractivity contribution in [1.29, 1.82) is 0 Å². The van der Waals surface area contributed by atoms with Gasteiger partial charge in [0, 0.05) is 32.2 Å². The normalized spacial score (nSPS) is 11.9. The van der Waals surface area contributed by atoms with E-state index < -0.39 is 14.9 Å². The van der Waals surface area contributed by atoms with Gasteiger partial charge in [-0.2, -0.15) is 0 Å². The molecule has 0 saturated carbocycles. The van der Waals surface area contributed by atoms with Crippen LogP contribution in [0.5, 0.6) is 0 Å². The van der Waals surface area contributed by atoms with E-state index in [0.717, 1.165) is 22.9 Å². The Morgan fingerprint density at radius 3 is 2.61 bits per heavy atom. The van der Waals surface area contributed by atoms with Crippen molar-refractivity contribution in [3.8, 4) is 0 Å². The summed E-state index contributed by atoms with van der Waals surface area (Å²) in [5, 5.41) is 14.6. The molecular weight excluding hydrogens is 420 g/mol. The molecule has 2 aromatic carbocycles. The Balaban J connectivity index is 1.74. The van der Waals surface area contributed by atoms with Crippen LogP contribution < -0.4 is 10.0 Å². The summed E-state index contributed by atoms with van der Waals surface area (Å²) in [6.45, 7) is 3.60. The molecule has 0 unspecified atom stereocenters. The van der Waals surface area contributed by atoms with Crippen LogP contribution in [0.2, 0.25) is 0 Å². The number of fused-ring (bicyclic) bond motifs is 1. The zero-order valence-electron chi connectivity index (χ0n) is 17.7. The molecule has 0 spiro atoms. The third-order valence-corrected chi connectivity index (χ3v) is 6.28. The molecule has 0 amide bonds. The summed E-state index contributed by atoms with van der Waals surface area (Å²) in [5.41, 5.74) is 1.85. The van der Waals surface area contributed by atoms with Crippen LogP contribution in [0, 0.1) is 17.0 Å². The molecule has 0 aliphatic carbocycles. The van der Waals surface area contributed by atoms with E-state index in [4.69, 9.17) is 0 Å². The molecule has 10 nitrogen and oxygen atoms in total. The SMILES string of the molecule is Cc1nc2ccccc2n1CCNc1ccc(S(=O)(=O)NCCN(C)C)cc1[N+](=O)[O-]. The maximum absolute atomic E-state index is 12.4. The summed E-state index contributed by atoms with van der Waals surface area (Å²) in [5.74, 6) is 0.850. The third kappa shape index (κ3) is 5.37. The minimum Gasteiger partial charge on any atom is -0.378 e. The van der Waals surface area contributed by atoms with Crippen molar-refractivity contribution in [2.75, 3.05) is 39.0 Å². The molecule has 2 N–H and O–H groups in total. The molecule has 0 saturated heterocycles. The van der Waals surface area contributed by atoms with Crippen LogP contribution in [0.15, 0.2) is 47.4 Å². The summed E-state index contributed by atoms with van der Waals surface area (Å²) in [4.78, 5) is 17.2. The van der Waals surface area contributed by atoms with Crippen molar-refractivity contribution in [3.05, 3.63) is 58.4 Å². The maximum Gasteiger partial charge on any atom is 0.293 e. The van der Waals surface area contributed by atoms with Crippen LogP contribution in [0.25, 0.3) is 11.0 Å². The second-order valence-corrected chi connectivity index (χ2v) is 9.13. The van der Waals surface area contributed by atoms with Gasteiger partial charge in [-0.15, -0.1) is 0 Å². The first-order valence-corrected chi connectivity index (χ1v) is 11.3. The second kappa shape index (κ2) is 9.41. The smallest absolute Gasteiger partial charge is 0.293 e. The van der Waals surface area contributed by atoms with Crippen molar-refractivity contribution >= 4 is 32.4 Å². The number of anilines is 1. The standard InChI is InChI=1S/C20H26N6O4S/c1-15-23-18-6-4-5-7-19(18)25(15)13-10-21-17-9-8-16(14-20(17)26(27)28)31(29,30)22-11-12-24(2)3/h4-9,14,21-22H,10-13H2,1-3H3. The largest absolute Gasteiger partial charge is 0.378 e. The van der Waals surface area contributed by atoms with Crippen LogP contribution in [0.1, 0.15) is 5.82 Å². The van der Waals surface area contributed by atoms with E-state index in [9.17, 15) is 18.5 Å². The summed E-state index contributed by atoms with van der Waals surface area (Å²) >= 11 is 0. The average molecular weight is 447 g/mol. The zero-order valence-corrected chi connectivity index (χ0v) is 18.5. The van der Waals surface area contributed by atoms with Crippen LogP contribution in [-0.2, 0) is 16.6 Å². The van der Waals surface area contributed by atoms with Crippen molar-refractivity contribution in [2.45, 2.75) is 18.4 Å². The number of aromatic nitrogens is 2. The minimum atomic E-state index is -3.84. The Labute approximate surface area is 181 Å². The fourth-order valence-corrected chi connectivity index (χ4v) is 4.29. The fourth-order valence-electron chi connectivity index (χ4n) is 3.25. The van der Waals surface area contributed by atoms with Crippen LogP contribution in [0.3, 0.4) is 0 Å². The Hall–Kier alpha value is -3.02. The van der Waals surface area contributed by atoms with Gasteiger partial charge in [-0.05, 0) is 45.3 Å². The molecule has 1 heterocycles. The first-order valence-electron chi connectivity index (χ1n) is 9.77. The number of nitro groups is 1. The van der Waals surface area contributed by atoms with Gasteiger partial charge in [0.1, 0.15) is 11.5 Å². The first kappa shape index (κ1) is 22.7. The third-order valence-electron chi connectivity index (χ3n) is 4.82. The number of para-hydroxylation sites is 2. The van der Waals surface area contributed by atoms with E-state index in [1.807, 2.05) is 54.8 Å². The minimum absolute atomic E-state index is 0.139. The topological polar surface area (TPSA) is 122 Å². The number of likely N-dealkylation sites (N-methyl/N-ethyl adjacent to an activating group) is 1. The number of hydrogen-bond acceptors (Lipinski definition) is 7. The number of imidazole rings is 1. The number of nitrogens with one attached hydrogen (secondary N) is 2. The Bertz CT molecular complexity index is 1190. The number of nitro benzene ring substituents is 1. The number of rotatable bonds is 10. The molecule has 0 bridgehead atoms. The number of nitrogens with zero attached hydrogens (tertiary/aromatic N) is 4. The van der Waals surface area contributed by atoms with Gasteiger partial charge in [0.15, 0.2) is 0 Å². The van der Waals surface area contributed by atoms with E-state index in [0.29, 0.717) is 19.6 Å². The van der Waals surface area contributed by atoms with Gasteiger partial charge < -0.3 is 14.8 Å². The monoisotopic (exact) mass is 446 g/mol. The molecule has 0 fully saturated rings. The number of benzene rings is 2.